The molecule has 2 amide bonds. The zero-order valence-electron chi connectivity index (χ0n) is 7.88. The van der Waals surface area contributed by atoms with Crippen LogP contribution < -0.4 is 11.1 Å². The van der Waals surface area contributed by atoms with Crippen LogP contribution in [0.1, 0.15) is 26.2 Å². The topological polar surface area (TPSA) is 72.2 Å². The van der Waals surface area contributed by atoms with Crippen LogP contribution in [0.4, 0.5) is 0 Å². The highest BCUT2D eigenvalue weighted by molar-refractivity contribution is 5.85. The molecule has 0 unspecified atom stereocenters. The fourth-order valence-electron chi connectivity index (χ4n) is 0.997. The minimum absolute atomic E-state index is 0.234. The highest BCUT2D eigenvalue weighted by Crippen LogP contribution is 2.00. The molecule has 0 saturated carbocycles. The van der Waals surface area contributed by atoms with Gasteiger partial charge in [-0.15, -0.1) is 6.58 Å². The molecular weight excluding hydrogens is 168 g/mol. The van der Waals surface area contributed by atoms with Gasteiger partial charge in [-0.25, -0.2) is 0 Å². The van der Waals surface area contributed by atoms with E-state index in [2.05, 4.69) is 11.9 Å². The maximum Gasteiger partial charge on any atom is 0.239 e. The van der Waals surface area contributed by atoms with Crippen LogP contribution in [0, 0.1) is 0 Å². The summed E-state index contributed by atoms with van der Waals surface area (Å²) in [6.45, 7) is 4.92. The highest BCUT2D eigenvalue weighted by Gasteiger charge is 2.14. The van der Waals surface area contributed by atoms with Gasteiger partial charge in [-0.3, -0.25) is 9.59 Å². The smallest absolute Gasteiger partial charge is 0.239 e. The largest absolute Gasteiger partial charge is 0.368 e. The molecule has 13 heavy (non-hydrogen) atoms. The Morgan fingerprint density at radius 3 is 2.62 bits per heavy atom. The summed E-state index contributed by atoms with van der Waals surface area (Å²) >= 11 is 0. The first-order chi connectivity index (χ1) is 6.07. The van der Waals surface area contributed by atoms with Crippen molar-refractivity contribution in [2.24, 2.45) is 5.73 Å². The molecule has 0 heterocycles. The van der Waals surface area contributed by atoms with Crippen molar-refractivity contribution in [2.45, 2.75) is 32.2 Å². The molecule has 0 aliphatic heterocycles. The van der Waals surface area contributed by atoms with E-state index in [1.54, 1.807) is 6.08 Å². The second-order valence-electron chi connectivity index (χ2n) is 2.88. The van der Waals surface area contributed by atoms with Gasteiger partial charge < -0.3 is 11.1 Å². The number of rotatable bonds is 6. The van der Waals surface area contributed by atoms with Crippen LogP contribution in [0.15, 0.2) is 12.7 Å². The average Bonchev–Trinajstić information content (AvgIpc) is 2.02. The maximum atomic E-state index is 10.8. The lowest BCUT2D eigenvalue weighted by Crippen LogP contribution is -2.43. The van der Waals surface area contributed by atoms with Crippen molar-refractivity contribution in [3.8, 4) is 0 Å². The lowest BCUT2D eigenvalue weighted by atomic mass is 10.1. The van der Waals surface area contributed by atoms with Crippen LogP contribution in [-0.4, -0.2) is 17.9 Å². The first kappa shape index (κ1) is 11.7. The van der Waals surface area contributed by atoms with Gasteiger partial charge in [-0.2, -0.15) is 0 Å². The summed E-state index contributed by atoms with van der Waals surface area (Å²) in [7, 11) is 0. The molecule has 0 aromatic heterocycles. The highest BCUT2D eigenvalue weighted by atomic mass is 16.2. The van der Waals surface area contributed by atoms with E-state index < -0.39 is 11.9 Å². The first-order valence-electron chi connectivity index (χ1n) is 4.25. The van der Waals surface area contributed by atoms with Gasteiger partial charge in [0.15, 0.2) is 0 Å². The molecule has 0 rings (SSSR count). The third kappa shape index (κ3) is 5.90. The standard InChI is InChI=1S/C9H16N2O2/c1-3-4-5-6-8(9(10)13)11-7(2)12/h3,8H,1,4-6H2,2H3,(H2,10,13)(H,11,12)/t8-/m0/s1. The number of carbonyl (C=O) groups excluding carboxylic acids is 2. The van der Waals surface area contributed by atoms with Crippen molar-refractivity contribution in [1.82, 2.24) is 5.32 Å². The van der Waals surface area contributed by atoms with Crippen molar-refractivity contribution < 1.29 is 9.59 Å². The summed E-state index contributed by atoms with van der Waals surface area (Å²) in [6, 6.07) is -0.544. The van der Waals surface area contributed by atoms with Gasteiger partial charge in [0.05, 0.1) is 0 Å². The second-order valence-corrected chi connectivity index (χ2v) is 2.88. The van der Waals surface area contributed by atoms with Gasteiger partial charge in [0, 0.05) is 6.92 Å². The first-order valence-corrected chi connectivity index (χ1v) is 4.25. The zero-order chi connectivity index (χ0) is 10.3. The molecule has 0 bridgehead atoms. The molecule has 0 saturated heterocycles. The second kappa shape index (κ2) is 6.22. The SMILES string of the molecule is C=CCCC[C@H](NC(C)=O)C(N)=O. The van der Waals surface area contributed by atoms with Gasteiger partial charge in [0.25, 0.3) is 0 Å². The van der Waals surface area contributed by atoms with E-state index >= 15 is 0 Å². The quantitative estimate of drug-likeness (QED) is 0.461. The van der Waals surface area contributed by atoms with Crippen LogP contribution in [-0.2, 0) is 9.59 Å². The zero-order valence-corrected chi connectivity index (χ0v) is 7.88. The van der Waals surface area contributed by atoms with Crippen LogP contribution in [0.5, 0.6) is 0 Å². The molecule has 4 heteroatoms. The molecule has 74 valence electrons. The van der Waals surface area contributed by atoms with Gasteiger partial charge in [0.2, 0.25) is 11.8 Å². The Kier molecular flexibility index (Phi) is 5.59. The summed E-state index contributed by atoms with van der Waals surface area (Å²) in [5.74, 6) is -0.721. The number of amides is 2. The Morgan fingerprint density at radius 2 is 2.23 bits per heavy atom. The molecule has 0 aromatic carbocycles. The molecule has 0 fully saturated rings. The number of nitrogens with one attached hydrogen (secondary N) is 1. The minimum atomic E-state index is -0.544. The maximum absolute atomic E-state index is 10.8. The van der Waals surface area contributed by atoms with E-state index in [1.165, 1.54) is 6.92 Å². The Labute approximate surface area is 78.2 Å². The number of hydrogen-bond acceptors (Lipinski definition) is 2. The van der Waals surface area contributed by atoms with Gasteiger partial charge >= 0.3 is 0 Å². The van der Waals surface area contributed by atoms with Gasteiger partial charge in [-0.05, 0) is 19.3 Å². The molecule has 0 radical (unpaired) electrons. The number of carbonyl (C=O) groups is 2. The van der Waals surface area contributed by atoms with Crippen molar-refractivity contribution in [3.05, 3.63) is 12.7 Å². The van der Waals surface area contributed by atoms with Crippen LogP contribution >= 0.6 is 0 Å². The predicted octanol–water partition coefficient (Wildman–Crippen LogP) is 0.333. The molecular formula is C9H16N2O2. The third-order valence-corrected chi connectivity index (χ3v) is 1.62. The Balaban J connectivity index is 3.87. The van der Waals surface area contributed by atoms with E-state index in [0.29, 0.717) is 6.42 Å². The van der Waals surface area contributed by atoms with Gasteiger partial charge in [-0.1, -0.05) is 6.08 Å². The summed E-state index contributed by atoms with van der Waals surface area (Å²) < 4.78 is 0. The summed E-state index contributed by atoms with van der Waals surface area (Å²) in [4.78, 5) is 21.5. The summed E-state index contributed by atoms with van der Waals surface area (Å²) in [6.07, 6.45) is 3.97. The predicted molar refractivity (Wildman–Crippen MR) is 50.8 cm³/mol. The molecule has 0 spiro atoms. The lowest BCUT2D eigenvalue weighted by molar-refractivity contribution is -0.126. The molecule has 0 aliphatic rings. The molecule has 1 atom stereocenters. The molecule has 4 nitrogen and oxygen atoms in total. The number of primary amides is 1. The minimum Gasteiger partial charge on any atom is -0.368 e. The number of hydrogen-bond donors (Lipinski definition) is 2. The Hall–Kier alpha value is -1.32. The van der Waals surface area contributed by atoms with Crippen molar-refractivity contribution in [2.75, 3.05) is 0 Å². The monoisotopic (exact) mass is 184 g/mol. The molecule has 0 aromatic rings. The number of unbranched alkanes of at least 4 members (excludes halogenated alkanes) is 1. The summed E-state index contributed by atoms with van der Waals surface area (Å²) in [5.41, 5.74) is 5.09. The van der Waals surface area contributed by atoms with Gasteiger partial charge in [0.1, 0.15) is 6.04 Å². The third-order valence-electron chi connectivity index (χ3n) is 1.62. The van der Waals surface area contributed by atoms with Crippen molar-refractivity contribution in [1.29, 1.82) is 0 Å². The normalized spacial score (nSPS) is 11.8. The lowest BCUT2D eigenvalue weighted by Gasteiger charge is -2.12. The van der Waals surface area contributed by atoms with E-state index in [0.717, 1.165) is 12.8 Å². The van der Waals surface area contributed by atoms with E-state index in [4.69, 9.17) is 5.73 Å². The fourth-order valence-corrected chi connectivity index (χ4v) is 0.997. The number of nitrogens with two attached hydrogens (primary N) is 1. The van der Waals surface area contributed by atoms with E-state index in [9.17, 15) is 9.59 Å². The van der Waals surface area contributed by atoms with Crippen LogP contribution in [0.2, 0.25) is 0 Å². The van der Waals surface area contributed by atoms with Crippen molar-refractivity contribution >= 4 is 11.8 Å². The fraction of sp³-hybridized carbons (Fsp3) is 0.556. The van der Waals surface area contributed by atoms with Crippen molar-refractivity contribution in [3.63, 3.8) is 0 Å². The number of allylic oxidation sites excluding steroid dienone is 1. The molecule has 3 N–H and O–H groups in total. The van der Waals surface area contributed by atoms with E-state index in [1.807, 2.05) is 0 Å². The Bertz CT molecular complexity index is 202. The van der Waals surface area contributed by atoms with Crippen LogP contribution in [0.3, 0.4) is 0 Å². The average molecular weight is 184 g/mol. The molecule has 0 aliphatic carbocycles. The Morgan fingerprint density at radius 1 is 1.62 bits per heavy atom. The van der Waals surface area contributed by atoms with E-state index in [-0.39, 0.29) is 5.91 Å². The summed E-state index contributed by atoms with van der Waals surface area (Å²) in [5, 5.41) is 2.49. The van der Waals surface area contributed by atoms with Crippen LogP contribution in [0.25, 0.3) is 0 Å².